The Bertz CT molecular complexity index is 512. The van der Waals surface area contributed by atoms with Gasteiger partial charge in [-0.25, -0.2) is 0 Å². The minimum absolute atomic E-state index is 0.866. The molecule has 17 heavy (non-hydrogen) atoms. The number of hydrogen-bond donors (Lipinski definition) is 0. The lowest BCUT2D eigenvalue weighted by atomic mass is 10.0. The van der Waals surface area contributed by atoms with Crippen molar-refractivity contribution >= 4 is 10.8 Å². The molecule has 1 aliphatic heterocycles. The minimum Gasteiger partial charge on any atom is -0.299 e. The molecule has 1 heteroatoms. The highest BCUT2D eigenvalue weighted by atomic mass is 15.1. The van der Waals surface area contributed by atoms with Gasteiger partial charge >= 0.3 is 0 Å². The Morgan fingerprint density at radius 1 is 1.12 bits per heavy atom. The van der Waals surface area contributed by atoms with E-state index in [1.54, 1.807) is 0 Å². The second kappa shape index (κ2) is 4.50. The zero-order chi connectivity index (χ0) is 11.7. The van der Waals surface area contributed by atoms with Crippen LogP contribution < -0.4 is 0 Å². The SMILES string of the molecule is CC1CCN(Cc2cccc3ccccc23)C1. The molecule has 0 spiro atoms. The van der Waals surface area contributed by atoms with Crippen molar-refractivity contribution in [3.63, 3.8) is 0 Å². The summed E-state index contributed by atoms with van der Waals surface area (Å²) >= 11 is 0. The molecule has 1 heterocycles. The summed E-state index contributed by atoms with van der Waals surface area (Å²) in [5, 5.41) is 2.77. The van der Waals surface area contributed by atoms with Crippen molar-refractivity contribution in [2.45, 2.75) is 19.9 Å². The number of nitrogens with zero attached hydrogens (tertiary/aromatic N) is 1. The average molecular weight is 225 g/mol. The molecule has 3 rings (SSSR count). The van der Waals surface area contributed by atoms with Crippen molar-refractivity contribution in [3.05, 3.63) is 48.0 Å². The van der Waals surface area contributed by atoms with Gasteiger partial charge in [-0.05, 0) is 35.2 Å². The monoisotopic (exact) mass is 225 g/mol. The summed E-state index contributed by atoms with van der Waals surface area (Å²) in [7, 11) is 0. The van der Waals surface area contributed by atoms with E-state index in [0.29, 0.717) is 0 Å². The largest absolute Gasteiger partial charge is 0.299 e. The highest BCUT2D eigenvalue weighted by Crippen LogP contribution is 2.23. The van der Waals surface area contributed by atoms with Crippen LogP contribution >= 0.6 is 0 Å². The van der Waals surface area contributed by atoms with Crippen molar-refractivity contribution < 1.29 is 0 Å². The van der Waals surface area contributed by atoms with Crippen LogP contribution in [0.15, 0.2) is 42.5 Å². The average Bonchev–Trinajstić information content (AvgIpc) is 2.75. The number of fused-ring (bicyclic) bond motifs is 1. The summed E-state index contributed by atoms with van der Waals surface area (Å²) < 4.78 is 0. The zero-order valence-electron chi connectivity index (χ0n) is 10.4. The normalized spacial score (nSPS) is 21.1. The quantitative estimate of drug-likeness (QED) is 0.753. The lowest BCUT2D eigenvalue weighted by molar-refractivity contribution is 0.321. The van der Waals surface area contributed by atoms with Crippen molar-refractivity contribution in [2.24, 2.45) is 5.92 Å². The molecular formula is C16H19N. The van der Waals surface area contributed by atoms with Crippen LogP contribution in [0, 0.1) is 5.92 Å². The number of rotatable bonds is 2. The third-order valence-electron chi connectivity index (χ3n) is 3.78. The molecule has 0 radical (unpaired) electrons. The molecule has 2 aromatic rings. The molecule has 0 amide bonds. The molecular weight excluding hydrogens is 206 g/mol. The molecule has 1 fully saturated rings. The van der Waals surface area contributed by atoms with E-state index in [9.17, 15) is 0 Å². The van der Waals surface area contributed by atoms with Gasteiger partial charge in [0.25, 0.3) is 0 Å². The Hall–Kier alpha value is -1.34. The smallest absolute Gasteiger partial charge is 0.0240 e. The van der Waals surface area contributed by atoms with Gasteiger partial charge in [-0.3, -0.25) is 4.90 Å². The Labute approximate surface area is 103 Å². The number of hydrogen-bond acceptors (Lipinski definition) is 1. The van der Waals surface area contributed by atoms with Crippen molar-refractivity contribution in [1.82, 2.24) is 4.90 Å². The van der Waals surface area contributed by atoms with Crippen LogP contribution in [0.1, 0.15) is 18.9 Å². The maximum Gasteiger partial charge on any atom is 0.0240 e. The Morgan fingerprint density at radius 2 is 1.94 bits per heavy atom. The molecule has 1 saturated heterocycles. The summed E-state index contributed by atoms with van der Waals surface area (Å²) in [5.41, 5.74) is 1.47. The van der Waals surface area contributed by atoms with E-state index in [0.717, 1.165) is 12.5 Å². The third kappa shape index (κ3) is 2.20. The zero-order valence-corrected chi connectivity index (χ0v) is 10.4. The Kier molecular flexibility index (Phi) is 2.86. The van der Waals surface area contributed by atoms with E-state index in [2.05, 4.69) is 54.3 Å². The highest BCUT2D eigenvalue weighted by molar-refractivity contribution is 5.85. The molecule has 1 unspecified atom stereocenters. The molecule has 88 valence electrons. The van der Waals surface area contributed by atoms with Gasteiger partial charge in [0.05, 0.1) is 0 Å². The van der Waals surface area contributed by atoms with Gasteiger partial charge in [0, 0.05) is 13.1 Å². The lowest BCUT2D eigenvalue weighted by Crippen LogP contribution is -2.19. The molecule has 0 bridgehead atoms. The fourth-order valence-corrected chi connectivity index (χ4v) is 2.84. The first-order valence-electron chi connectivity index (χ1n) is 6.52. The van der Waals surface area contributed by atoms with E-state index >= 15 is 0 Å². The van der Waals surface area contributed by atoms with E-state index < -0.39 is 0 Å². The Balaban J connectivity index is 1.90. The van der Waals surface area contributed by atoms with Gasteiger partial charge in [0.2, 0.25) is 0 Å². The third-order valence-corrected chi connectivity index (χ3v) is 3.78. The molecule has 1 atom stereocenters. The number of likely N-dealkylation sites (tertiary alicyclic amines) is 1. The fraction of sp³-hybridized carbons (Fsp3) is 0.375. The molecule has 0 aromatic heterocycles. The first kappa shape index (κ1) is 10.8. The summed E-state index contributed by atoms with van der Waals surface area (Å²) in [4.78, 5) is 2.58. The van der Waals surface area contributed by atoms with Gasteiger partial charge < -0.3 is 0 Å². The first-order chi connectivity index (χ1) is 8.33. The van der Waals surface area contributed by atoms with E-state index in [-0.39, 0.29) is 0 Å². The van der Waals surface area contributed by atoms with Crippen LogP contribution in [0.2, 0.25) is 0 Å². The number of benzene rings is 2. The maximum atomic E-state index is 2.58. The van der Waals surface area contributed by atoms with Crippen LogP contribution in [0.4, 0.5) is 0 Å². The summed E-state index contributed by atoms with van der Waals surface area (Å²) in [5.74, 6) is 0.866. The van der Waals surface area contributed by atoms with Gasteiger partial charge in [0.15, 0.2) is 0 Å². The van der Waals surface area contributed by atoms with Crippen molar-refractivity contribution in [2.75, 3.05) is 13.1 Å². The summed E-state index contributed by atoms with van der Waals surface area (Å²) in [6, 6.07) is 15.3. The molecule has 0 aliphatic carbocycles. The Morgan fingerprint density at radius 3 is 2.76 bits per heavy atom. The predicted octanol–water partition coefficient (Wildman–Crippen LogP) is 3.68. The van der Waals surface area contributed by atoms with Gasteiger partial charge in [-0.1, -0.05) is 49.4 Å². The molecule has 1 nitrogen and oxygen atoms in total. The van der Waals surface area contributed by atoms with Gasteiger partial charge in [0.1, 0.15) is 0 Å². The molecule has 1 aliphatic rings. The standard InChI is InChI=1S/C16H19N/c1-13-9-10-17(11-13)12-15-7-4-6-14-5-2-3-8-16(14)15/h2-8,13H,9-12H2,1H3. The van der Waals surface area contributed by atoms with Gasteiger partial charge in [-0.2, -0.15) is 0 Å². The van der Waals surface area contributed by atoms with E-state index in [1.807, 2.05) is 0 Å². The van der Waals surface area contributed by atoms with Crippen LogP contribution in [-0.2, 0) is 6.54 Å². The van der Waals surface area contributed by atoms with Crippen molar-refractivity contribution in [1.29, 1.82) is 0 Å². The topological polar surface area (TPSA) is 3.24 Å². The van der Waals surface area contributed by atoms with Crippen LogP contribution in [-0.4, -0.2) is 18.0 Å². The molecule has 2 aromatic carbocycles. The minimum atomic E-state index is 0.866. The second-order valence-electron chi connectivity index (χ2n) is 5.27. The van der Waals surface area contributed by atoms with Crippen LogP contribution in [0.5, 0.6) is 0 Å². The predicted molar refractivity (Wildman–Crippen MR) is 73.0 cm³/mol. The van der Waals surface area contributed by atoms with Crippen LogP contribution in [0.25, 0.3) is 10.8 Å². The summed E-state index contributed by atoms with van der Waals surface area (Å²) in [6.07, 6.45) is 1.35. The van der Waals surface area contributed by atoms with Crippen LogP contribution in [0.3, 0.4) is 0 Å². The van der Waals surface area contributed by atoms with Crippen molar-refractivity contribution in [3.8, 4) is 0 Å². The van der Waals surface area contributed by atoms with E-state index in [1.165, 1.54) is 35.8 Å². The van der Waals surface area contributed by atoms with Gasteiger partial charge in [-0.15, -0.1) is 0 Å². The molecule has 0 N–H and O–H groups in total. The first-order valence-corrected chi connectivity index (χ1v) is 6.52. The molecule has 0 saturated carbocycles. The highest BCUT2D eigenvalue weighted by Gasteiger charge is 2.18. The van der Waals surface area contributed by atoms with E-state index in [4.69, 9.17) is 0 Å². The fourth-order valence-electron chi connectivity index (χ4n) is 2.84. The lowest BCUT2D eigenvalue weighted by Gasteiger charge is -2.16. The summed E-state index contributed by atoms with van der Waals surface area (Å²) in [6.45, 7) is 5.96. The maximum absolute atomic E-state index is 2.58. The second-order valence-corrected chi connectivity index (χ2v) is 5.27.